The van der Waals surface area contributed by atoms with Gasteiger partial charge in [-0.2, -0.15) is 0 Å². The second kappa shape index (κ2) is 7.55. The van der Waals surface area contributed by atoms with Gasteiger partial charge in [-0.25, -0.2) is 0 Å². The number of nitrogens with two attached hydrogens (primary N) is 1. The highest BCUT2D eigenvalue weighted by atomic mass is 35.5. The summed E-state index contributed by atoms with van der Waals surface area (Å²) in [6.45, 7) is 0.128. The van der Waals surface area contributed by atoms with Crippen molar-refractivity contribution in [3.05, 3.63) is 57.6 Å². The van der Waals surface area contributed by atoms with Crippen molar-refractivity contribution in [1.29, 1.82) is 0 Å². The van der Waals surface area contributed by atoms with E-state index in [-0.39, 0.29) is 6.61 Å². The van der Waals surface area contributed by atoms with E-state index in [1.807, 2.05) is 0 Å². The molecule has 0 spiro atoms. The Morgan fingerprint density at radius 3 is 2.65 bits per heavy atom. The Balaban J connectivity index is 2.25. The van der Waals surface area contributed by atoms with E-state index in [1.54, 1.807) is 36.4 Å². The number of hydrogen-bond donors (Lipinski definition) is 2. The van der Waals surface area contributed by atoms with Crippen LogP contribution in [0.3, 0.4) is 0 Å². The first-order valence-corrected chi connectivity index (χ1v) is 7.41. The molecule has 2 aromatic rings. The maximum Gasteiger partial charge on any atom is 0.325 e. The molecule has 0 aliphatic carbocycles. The van der Waals surface area contributed by atoms with Crippen molar-refractivity contribution in [2.45, 2.75) is 12.6 Å². The lowest BCUT2D eigenvalue weighted by Crippen LogP contribution is -2.20. The summed E-state index contributed by atoms with van der Waals surface area (Å²) >= 11 is 12.0. The lowest BCUT2D eigenvalue weighted by Gasteiger charge is -2.14. The Labute approximate surface area is 143 Å². The van der Waals surface area contributed by atoms with Crippen molar-refractivity contribution in [2.24, 2.45) is 5.73 Å². The molecule has 0 amide bonds. The highest BCUT2D eigenvalue weighted by Crippen LogP contribution is 2.33. The van der Waals surface area contributed by atoms with Crippen LogP contribution in [0.25, 0.3) is 0 Å². The number of ether oxygens (including phenoxy) is 2. The van der Waals surface area contributed by atoms with Gasteiger partial charge in [0, 0.05) is 5.56 Å². The predicted octanol–water partition coefficient (Wildman–Crippen LogP) is 3.67. The van der Waals surface area contributed by atoms with Crippen LogP contribution in [0.5, 0.6) is 11.5 Å². The average molecular weight is 356 g/mol. The van der Waals surface area contributed by atoms with Gasteiger partial charge in [0.25, 0.3) is 0 Å². The van der Waals surface area contributed by atoms with Gasteiger partial charge in [0.15, 0.2) is 0 Å². The molecule has 23 heavy (non-hydrogen) atoms. The summed E-state index contributed by atoms with van der Waals surface area (Å²) < 4.78 is 10.9. The largest absolute Gasteiger partial charge is 0.496 e. The van der Waals surface area contributed by atoms with E-state index < -0.39 is 12.0 Å². The van der Waals surface area contributed by atoms with E-state index >= 15 is 0 Å². The van der Waals surface area contributed by atoms with Crippen LogP contribution < -0.4 is 15.2 Å². The summed E-state index contributed by atoms with van der Waals surface area (Å²) in [5.41, 5.74) is 6.73. The van der Waals surface area contributed by atoms with Gasteiger partial charge in [-0.1, -0.05) is 35.3 Å². The van der Waals surface area contributed by atoms with Crippen molar-refractivity contribution in [2.75, 3.05) is 7.11 Å². The fourth-order valence-corrected chi connectivity index (χ4v) is 2.34. The van der Waals surface area contributed by atoms with Crippen LogP contribution in [0.15, 0.2) is 36.4 Å². The smallest absolute Gasteiger partial charge is 0.325 e. The number of carboxylic acid groups (broad SMARTS) is 1. The van der Waals surface area contributed by atoms with Crippen molar-refractivity contribution in [3.8, 4) is 11.5 Å². The monoisotopic (exact) mass is 355 g/mol. The number of benzene rings is 2. The van der Waals surface area contributed by atoms with Gasteiger partial charge in [-0.3, -0.25) is 4.79 Å². The minimum Gasteiger partial charge on any atom is -0.496 e. The van der Waals surface area contributed by atoms with Gasteiger partial charge in [0.2, 0.25) is 0 Å². The van der Waals surface area contributed by atoms with Gasteiger partial charge in [0.05, 0.1) is 12.1 Å². The summed E-state index contributed by atoms with van der Waals surface area (Å²) in [5.74, 6) is -0.126. The van der Waals surface area contributed by atoms with Crippen molar-refractivity contribution in [1.82, 2.24) is 0 Å². The molecule has 2 rings (SSSR count). The molecule has 1 atom stereocenters. The van der Waals surface area contributed by atoms with Crippen LogP contribution in [0.2, 0.25) is 10.0 Å². The first-order chi connectivity index (χ1) is 10.9. The minimum absolute atomic E-state index is 0.128. The standard InChI is InChI=1S/C16H15Cl2NO4/c1-22-12-6-5-9(15(19)16(20)21)7-10(12)8-23-13-4-2-3-11(17)14(13)18/h2-7,15H,8,19H2,1H3,(H,20,21)/t15-/m0/s1. The number of aliphatic carboxylic acids is 1. The summed E-state index contributed by atoms with van der Waals surface area (Å²) in [6, 6.07) is 8.84. The molecule has 7 heteroatoms. The van der Waals surface area contributed by atoms with E-state index in [0.29, 0.717) is 32.7 Å². The van der Waals surface area contributed by atoms with Gasteiger partial charge in [0.1, 0.15) is 29.2 Å². The predicted molar refractivity (Wildman–Crippen MR) is 88.4 cm³/mol. The highest BCUT2D eigenvalue weighted by molar-refractivity contribution is 6.42. The fraction of sp³-hybridized carbons (Fsp3) is 0.188. The quantitative estimate of drug-likeness (QED) is 0.825. The van der Waals surface area contributed by atoms with E-state index in [4.69, 9.17) is 43.5 Å². The van der Waals surface area contributed by atoms with Gasteiger partial charge >= 0.3 is 5.97 Å². The average Bonchev–Trinajstić information content (AvgIpc) is 2.55. The van der Waals surface area contributed by atoms with Crippen molar-refractivity contribution >= 4 is 29.2 Å². The SMILES string of the molecule is COc1ccc([C@H](N)C(=O)O)cc1COc1cccc(Cl)c1Cl. The van der Waals surface area contributed by atoms with Crippen LogP contribution in [0, 0.1) is 0 Å². The molecule has 0 aromatic heterocycles. The number of carbonyl (C=O) groups is 1. The van der Waals surface area contributed by atoms with E-state index in [9.17, 15) is 4.79 Å². The van der Waals surface area contributed by atoms with E-state index in [1.165, 1.54) is 7.11 Å². The highest BCUT2D eigenvalue weighted by Gasteiger charge is 2.17. The van der Waals surface area contributed by atoms with Gasteiger partial charge in [-0.05, 0) is 29.8 Å². The van der Waals surface area contributed by atoms with Gasteiger partial charge < -0.3 is 20.3 Å². The summed E-state index contributed by atoms with van der Waals surface area (Å²) in [5, 5.41) is 9.71. The molecule has 0 aliphatic rings. The number of rotatable bonds is 6. The second-order valence-corrected chi connectivity index (χ2v) is 5.51. The Hall–Kier alpha value is -1.95. The molecule has 122 valence electrons. The molecule has 2 aromatic carbocycles. The summed E-state index contributed by atoms with van der Waals surface area (Å²) in [7, 11) is 1.52. The number of halogens is 2. The number of hydrogen-bond acceptors (Lipinski definition) is 4. The zero-order valence-electron chi connectivity index (χ0n) is 12.3. The molecule has 0 saturated carbocycles. The molecule has 3 N–H and O–H groups in total. The lowest BCUT2D eigenvalue weighted by atomic mass is 10.0. The number of carboxylic acids is 1. The topological polar surface area (TPSA) is 81.8 Å². The second-order valence-electron chi connectivity index (χ2n) is 4.73. The zero-order chi connectivity index (χ0) is 17.0. The third-order valence-electron chi connectivity index (χ3n) is 3.23. The summed E-state index contributed by atoms with van der Waals surface area (Å²) in [6.07, 6.45) is 0. The van der Waals surface area contributed by atoms with Crippen LogP contribution >= 0.6 is 23.2 Å². The first-order valence-electron chi connectivity index (χ1n) is 6.66. The van der Waals surface area contributed by atoms with Crippen LogP contribution in [0.4, 0.5) is 0 Å². The van der Waals surface area contributed by atoms with E-state index in [0.717, 1.165) is 0 Å². The van der Waals surface area contributed by atoms with Crippen LogP contribution in [-0.2, 0) is 11.4 Å². The third kappa shape index (κ3) is 4.07. The lowest BCUT2D eigenvalue weighted by molar-refractivity contribution is -0.138. The maximum atomic E-state index is 11.0. The fourth-order valence-electron chi connectivity index (χ4n) is 2.00. The Kier molecular flexibility index (Phi) is 5.71. The summed E-state index contributed by atoms with van der Waals surface area (Å²) in [4.78, 5) is 11.0. The number of methoxy groups -OCH3 is 1. The molecular weight excluding hydrogens is 341 g/mol. The molecule has 0 bridgehead atoms. The first kappa shape index (κ1) is 17.4. The van der Waals surface area contributed by atoms with Crippen molar-refractivity contribution < 1.29 is 19.4 Å². The molecule has 0 heterocycles. The molecular formula is C16H15Cl2NO4. The molecule has 0 saturated heterocycles. The normalized spacial score (nSPS) is 11.8. The molecule has 0 unspecified atom stereocenters. The van der Waals surface area contributed by atoms with Crippen LogP contribution in [-0.4, -0.2) is 18.2 Å². The third-order valence-corrected chi connectivity index (χ3v) is 4.03. The Morgan fingerprint density at radius 1 is 1.26 bits per heavy atom. The zero-order valence-corrected chi connectivity index (χ0v) is 13.8. The van der Waals surface area contributed by atoms with Crippen LogP contribution in [0.1, 0.15) is 17.2 Å². The van der Waals surface area contributed by atoms with Gasteiger partial charge in [-0.15, -0.1) is 0 Å². The maximum absolute atomic E-state index is 11.0. The molecule has 0 aliphatic heterocycles. The Bertz CT molecular complexity index is 721. The Morgan fingerprint density at radius 2 is 2.00 bits per heavy atom. The molecule has 0 fully saturated rings. The molecule has 0 radical (unpaired) electrons. The minimum atomic E-state index is -1.12. The van der Waals surface area contributed by atoms with Crippen molar-refractivity contribution in [3.63, 3.8) is 0 Å². The molecule has 5 nitrogen and oxygen atoms in total. The van der Waals surface area contributed by atoms with E-state index in [2.05, 4.69) is 0 Å².